The van der Waals surface area contributed by atoms with E-state index in [0.717, 1.165) is 38.7 Å². The molecule has 2 fully saturated rings. The van der Waals surface area contributed by atoms with E-state index in [2.05, 4.69) is 19.2 Å². The fourth-order valence-corrected chi connectivity index (χ4v) is 2.26. The average molecular weight is 250 g/mol. The molecule has 0 aromatic heterocycles. The SMILES string of the molecule is CC1(C)CNC(CC2CCOCC2)OC1.Cl. The van der Waals surface area contributed by atoms with Gasteiger partial charge in [-0.15, -0.1) is 12.4 Å². The van der Waals surface area contributed by atoms with Crippen LogP contribution in [0.25, 0.3) is 0 Å². The molecule has 1 unspecified atom stereocenters. The van der Waals surface area contributed by atoms with E-state index in [1.54, 1.807) is 0 Å². The Bertz CT molecular complexity index is 195. The minimum absolute atomic E-state index is 0. The fraction of sp³-hybridized carbons (Fsp3) is 1.00. The van der Waals surface area contributed by atoms with Gasteiger partial charge >= 0.3 is 0 Å². The predicted octanol–water partition coefficient (Wildman–Crippen LogP) is 2.20. The van der Waals surface area contributed by atoms with Gasteiger partial charge in [0.05, 0.1) is 6.61 Å². The van der Waals surface area contributed by atoms with Crippen LogP contribution in [0.1, 0.15) is 33.1 Å². The molecule has 2 aliphatic rings. The highest BCUT2D eigenvalue weighted by Gasteiger charge is 2.28. The second kappa shape index (κ2) is 6.20. The number of hydrogen-bond donors (Lipinski definition) is 1. The van der Waals surface area contributed by atoms with E-state index in [4.69, 9.17) is 9.47 Å². The molecule has 96 valence electrons. The molecule has 2 saturated heterocycles. The molecule has 0 bridgehead atoms. The number of ether oxygens (including phenoxy) is 2. The lowest BCUT2D eigenvalue weighted by molar-refractivity contribution is -0.0737. The topological polar surface area (TPSA) is 30.5 Å². The maximum Gasteiger partial charge on any atom is 0.108 e. The normalized spacial score (nSPS) is 30.8. The van der Waals surface area contributed by atoms with Gasteiger partial charge in [-0.05, 0) is 25.2 Å². The molecule has 0 saturated carbocycles. The highest BCUT2D eigenvalue weighted by atomic mass is 35.5. The van der Waals surface area contributed by atoms with Crippen molar-refractivity contribution in [2.45, 2.75) is 39.3 Å². The molecule has 0 aliphatic carbocycles. The first-order chi connectivity index (χ1) is 7.16. The molecule has 3 nitrogen and oxygen atoms in total. The molecular weight excluding hydrogens is 226 g/mol. The highest BCUT2D eigenvalue weighted by Crippen LogP contribution is 2.25. The van der Waals surface area contributed by atoms with E-state index >= 15 is 0 Å². The summed E-state index contributed by atoms with van der Waals surface area (Å²) in [4.78, 5) is 0. The first-order valence-electron chi connectivity index (χ1n) is 6.08. The van der Waals surface area contributed by atoms with Gasteiger partial charge in [0.25, 0.3) is 0 Å². The Kier molecular flexibility index (Phi) is 5.51. The van der Waals surface area contributed by atoms with Crippen LogP contribution < -0.4 is 5.32 Å². The van der Waals surface area contributed by atoms with Crippen molar-refractivity contribution in [3.05, 3.63) is 0 Å². The molecule has 0 aromatic rings. The summed E-state index contributed by atoms with van der Waals surface area (Å²) in [6.45, 7) is 8.30. The van der Waals surface area contributed by atoms with Crippen LogP contribution >= 0.6 is 12.4 Å². The molecule has 16 heavy (non-hydrogen) atoms. The van der Waals surface area contributed by atoms with Crippen LogP contribution in [0.15, 0.2) is 0 Å². The van der Waals surface area contributed by atoms with Crippen molar-refractivity contribution in [1.29, 1.82) is 0 Å². The lowest BCUT2D eigenvalue weighted by atomic mass is 9.91. The summed E-state index contributed by atoms with van der Waals surface area (Å²) < 4.78 is 11.2. The molecule has 1 N–H and O–H groups in total. The third-order valence-electron chi connectivity index (χ3n) is 3.37. The number of hydrogen-bond acceptors (Lipinski definition) is 3. The third-order valence-corrected chi connectivity index (χ3v) is 3.37. The summed E-state index contributed by atoms with van der Waals surface area (Å²) in [5.41, 5.74) is 0.298. The Morgan fingerprint density at radius 3 is 2.50 bits per heavy atom. The third kappa shape index (κ3) is 4.21. The van der Waals surface area contributed by atoms with Gasteiger partial charge in [-0.1, -0.05) is 13.8 Å². The van der Waals surface area contributed by atoms with Gasteiger partial charge < -0.3 is 9.47 Å². The zero-order valence-corrected chi connectivity index (χ0v) is 11.1. The molecule has 2 aliphatic heterocycles. The van der Waals surface area contributed by atoms with Crippen LogP contribution in [0.3, 0.4) is 0 Å². The summed E-state index contributed by atoms with van der Waals surface area (Å²) in [5, 5.41) is 3.49. The maximum atomic E-state index is 5.84. The van der Waals surface area contributed by atoms with Crippen molar-refractivity contribution in [2.75, 3.05) is 26.4 Å². The fourth-order valence-electron chi connectivity index (χ4n) is 2.26. The molecule has 2 heterocycles. The Morgan fingerprint density at radius 2 is 1.94 bits per heavy atom. The Morgan fingerprint density at radius 1 is 1.25 bits per heavy atom. The van der Waals surface area contributed by atoms with Crippen molar-refractivity contribution in [2.24, 2.45) is 11.3 Å². The second-order valence-corrected chi connectivity index (χ2v) is 5.64. The molecule has 4 heteroatoms. The van der Waals surface area contributed by atoms with Gasteiger partial charge in [0, 0.05) is 25.2 Å². The number of nitrogens with one attached hydrogen (secondary N) is 1. The van der Waals surface area contributed by atoms with Gasteiger partial charge in [0.15, 0.2) is 0 Å². The van der Waals surface area contributed by atoms with E-state index in [1.165, 1.54) is 12.8 Å². The Balaban J connectivity index is 0.00000128. The summed E-state index contributed by atoms with van der Waals surface area (Å²) in [6, 6.07) is 0. The predicted molar refractivity (Wildman–Crippen MR) is 66.9 cm³/mol. The summed E-state index contributed by atoms with van der Waals surface area (Å²) in [7, 11) is 0. The molecule has 0 spiro atoms. The molecule has 0 aromatic carbocycles. The second-order valence-electron chi connectivity index (χ2n) is 5.64. The van der Waals surface area contributed by atoms with Gasteiger partial charge in [-0.25, -0.2) is 0 Å². The zero-order valence-electron chi connectivity index (χ0n) is 10.3. The zero-order chi connectivity index (χ0) is 10.7. The number of rotatable bonds is 2. The van der Waals surface area contributed by atoms with Crippen LogP contribution in [0, 0.1) is 11.3 Å². The van der Waals surface area contributed by atoms with Crippen molar-refractivity contribution in [3.63, 3.8) is 0 Å². The van der Waals surface area contributed by atoms with Crippen molar-refractivity contribution >= 4 is 12.4 Å². The van der Waals surface area contributed by atoms with Crippen LogP contribution in [0.2, 0.25) is 0 Å². The molecule has 1 atom stereocenters. The summed E-state index contributed by atoms with van der Waals surface area (Å²) in [6.07, 6.45) is 3.83. The minimum Gasteiger partial charge on any atom is -0.381 e. The van der Waals surface area contributed by atoms with Gasteiger partial charge in [-0.2, -0.15) is 0 Å². The van der Waals surface area contributed by atoms with E-state index in [1.807, 2.05) is 0 Å². The van der Waals surface area contributed by atoms with Gasteiger partial charge in [0.2, 0.25) is 0 Å². The van der Waals surface area contributed by atoms with Crippen LogP contribution in [-0.2, 0) is 9.47 Å². The quantitative estimate of drug-likeness (QED) is 0.814. The van der Waals surface area contributed by atoms with E-state index < -0.39 is 0 Å². The maximum absolute atomic E-state index is 5.84. The van der Waals surface area contributed by atoms with Crippen LogP contribution in [0.5, 0.6) is 0 Å². The van der Waals surface area contributed by atoms with Crippen LogP contribution in [0.4, 0.5) is 0 Å². The molecule has 0 amide bonds. The number of halogens is 1. The Labute approximate surface area is 105 Å². The first kappa shape index (κ1) is 14.2. The van der Waals surface area contributed by atoms with Gasteiger partial charge in [0.1, 0.15) is 6.23 Å². The van der Waals surface area contributed by atoms with Gasteiger partial charge in [-0.3, -0.25) is 5.32 Å². The smallest absolute Gasteiger partial charge is 0.108 e. The summed E-state index contributed by atoms with van der Waals surface area (Å²) in [5.74, 6) is 0.789. The standard InChI is InChI=1S/C12H23NO2.ClH/c1-12(2)8-13-11(15-9-12)7-10-3-5-14-6-4-10;/h10-11,13H,3-9H2,1-2H3;1H. The Hall–Kier alpha value is 0.170. The average Bonchev–Trinajstić information content (AvgIpc) is 2.23. The molecule has 0 radical (unpaired) electrons. The molecule has 2 rings (SSSR count). The first-order valence-corrected chi connectivity index (χ1v) is 6.08. The van der Waals surface area contributed by atoms with Crippen LogP contribution in [-0.4, -0.2) is 32.6 Å². The lowest BCUT2D eigenvalue weighted by Gasteiger charge is -2.37. The monoisotopic (exact) mass is 249 g/mol. The lowest BCUT2D eigenvalue weighted by Crippen LogP contribution is -2.48. The van der Waals surface area contributed by atoms with E-state index in [-0.39, 0.29) is 18.6 Å². The minimum atomic E-state index is 0. The highest BCUT2D eigenvalue weighted by molar-refractivity contribution is 5.85. The van der Waals surface area contributed by atoms with Crippen molar-refractivity contribution < 1.29 is 9.47 Å². The summed E-state index contributed by atoms with van der Waals surface area (Å²) >= 11 is 0. The van der Waals surface area contributed by atoms with E-state index in [9.17, 15) is 0 Å². The van der Waals surface area contributed by atoms with E-state index in [0.29, 0.717) is 5.41 Å². The van der Waals surface area contributed by atoms with Crippen molar-refractivity contribution in [3.8, 4) is 0 Å². The molecular formula is C12H24ClNO2. The van der Waals surface area contributed by atoms with Crippen molar-refractivity contribution in [1.82, 2.24) is 5.32 Å². The largest absolute Gasteiger partial charge is 0.381 e.